The lowest BCUT2D eigenvalue weighted by Gasteiger charge is -2.02. The molecule has 1 aliphatic rings. The molecule has 0 bridgehead atoms. The molecule has 0 saturated heterocycles. The van der Waals surface area contributed by atoms with Crippen LogP contribution in [0.1, 0.15) is 17.5 Å². The first-order valence-corrected chi connectivity index (χ1v) is 9.17. The van der Waals surface area contributed by atoms with Gasteiger partial charge in [0.25, 0.3) is 0 Å². The number of carbonyl (C=O) groups excluding carboxylic acids is 2. The Balaban J connectivity index is 1.43. The number of nitrogens with two attached hydrogens (primary N) is 1. The molecule has 1 aliphatic heterocycles. The summed E-state index contributed by atoms with van der Waals surface area (Å²) in [5.74, 6) is 0.730. The standard InChI is InChI=1S/C21H20N4O4/c22-20(26)7-8-25-12-15(16-3-1-2-4-17(16)25)11-23-24-21(27)10-14-5-6-18-19(9-14)29-13-28-18/h1-6,9,11-12H,7-8,10,13H2,(H2,22,26)(H,24,27)/b23-11-. The number of hydrazone groups is 1. The van der Waals surface area contributed by atoms with Crippen LogP contribution < -0.4 is 20.6 Å². The van der Waals surface area contributed by atoms with Gasteiger partial charge in [-0.25, -0.2) is 5.43 Å². The first-order chi connectivity index (χ1) is 14.1. The number of nitrogens with zero attached hydrogens (tertiary/aromatic N) is 2. The van der Waals surface area contributed by atoms with Crippen LogP contribution >= 0.6 is 0 Å². The van der Waals surface area contributed by atoms with E-state index in [-0.39, 0.29) is 31.4 Å². The summed E-state index contributed by atoms with van der Waals surface area (Å²) >= 11 is 0. The van der Waals surface area contributed by atoms with E-state index in [1.807, 2.05) is 41.1 Å². The number of benzene rings is 2. The second-order valence-electron chi connectivity index (χ2n) is 6.67. The van der Waals surface area contributed by atoms with Gasteiger partial charge in [-0.3, -0.25) is 9.59 Å². The molecule has 2 aromatic carbocycles. The summed E-state index contributed by atoms with van der Waals surface area (Å²) in [7, 11) is 0. The van der Waals surface area contributed by atoms with Crippen LogP contribution in [0, 0.1) is 0 Å². The third-order valence-electron chi connectivity index (χ3n) is 4.61. The lowest BCUT2D eigenvalue weighted by atomic mass is 10.1. The quantitative estimate of drug-likeness (QED) is 0.473. The second kappa shape index (κ2) is 8.05. The van der Waals surface area contributed by atoms with Crippen LogP contribution in [-0.4, -0.2) is 29.4 Å². The van der Waals surface area contributed by atoms with Crippen molar-refractivity contribution in [3.05, 3.63) is 59.8 Å². The predicted octanol–water partition coefficient (Wildman–Crippen LogP) is 1.94. The molecule has 0 aliphatic carbocycles. The number of amides is 2. The summed E-state index contributed by atoms with van der Waals surface area (Å²) < 4.78 is 12.5. The van der Waals surface area contributed by atoms with E-state index in [0.29, 0.717) is 18.0 Å². The minimum absolute atomic E-state index is 0.175. The summed E-state index contributed by atoms with van der Waals surface area (Å²) in [4.78, 5) is 23.3. The SMILES string of the molecule is NC(=O)CCn1cc(/C=N\NC(=O)Cc2ccc3c(c2)OCO3)c2ccccc21. The molecule has 2 amide bonds. The van der Waals surface area contributed by atoms with Crippen LogP contribution in [0.25, 0.3) is 10.9 Å². The molecule has 2 heterocycles. The average molecular weight is 392 g/mol. The van der Waals surface area contributed by atoms with E-state index in [1.54, 1.807) is 18.3 Å². The third-order valence-corrected chi connectivity index (χ3v) is 4.61. The van der Waals surface area contributed by atoms with E-state index in [2.05, 4.69) is 10.5 Å². The van der Waals surface area contributed by atoms with Crippen molar-refractivity contribution >= 4 is 28.9 Å². The fourth-order valence-corrected chi connectivity index (χ4v) is 3.24. The van der Waals surface area contributed by atoms with E-state index >= 15 is 0 Å². The fourth-order valence-electron chi connectivity index (χ4n) is 3.24. The summed E-state index contributed by atoms with van der Waals surface area (Å²) in [5.41, 5.74) is 10.4. The number of hydrogen-bond donors (Lipinski definition) is 2. The lowest BCUT2D eigenvalue weighted by Crippen LogP contribution is -2.19. The molecule has 0 radical (unpaired) electrons. The molecular weight excluding hydrogens is 372 g/mol. The van der Waals surface area contributed by atoms with Crippen LogP contribution in [0.15, 0.2) is 53.8 Å². The van der Waals surface area contributed by atoms with Crippen molar-refractivity contribution in [1.29, 1.82) is 0 Å². The Bertz CT molecular complexity index is 1100. The predicted molar refractivity (Wildman–Crippen MR) is 108 cm³/mol. The fraction of sp³-hybridized carbons (Fsp3) is 0.190. The zero-order valence-electron chi connectivity index (χ0n) is 15.6. The normalized spacial score (nSPS) is 12.6. The molecule has 0 spiro atoms. The number of ether oxygens (including phenoxy) is 2. The number of fused-ring (bicyclic) bond motifs is 2. The second-order valence-corrected chi connectivity index (χ2v) is 6.67. The zero-order valence-corrected chi connectivity index (χ0v) is 15.6. The van der Waals surface area contributed by atoms with E-state index in [4.69, 9.17) is 15.2 Å². The van der Waals surface area contributed by atoms with Gasteiger partial charge in [0, 0.05) is 35.6 Å². The van der Waals surface area contributed by atoms with Crippen LogP contribution in [0.2, 0.25) is 0 Å². The number of para-hydroxylation sites is 1. The highest BCUT2D eigenvalue weighted by molar-refractivity contribution is 5.99. The van der Waals surface area contributed by atoms with Gasteiger partial charge in [-0.15, -0.1) is 0 Å². The van der Waals surface area contributed by atoms with Gasteiger partial charge in [-0.05, 0) is 23.8 Å². The summed E-state index contributed by atoms with van der Waals surface area (Å²) in [6.07, 6.45) is 3.91. The molecule has 0 unspecified atom stereocenters. The van der Waals surface area contributed by atoms with Crippen molar-refractivity contribution in [1.82, 2.24) is 9.99 Å². The van der Waals surface area contributed by atoms with Crippen molar-refractivity contribution in [3.8, 4) is 11.5 Å². The first-order valence-electron chi connectivity index (χ1n) is 9.17. The van der Waals surface area contributed by atoms with Crippen molar-refractivity contribution < 1.29 is 19.1 Å². The minimum Gasteiger partial charge on any atom is -0.454 e. The van der Waals surface area contributed by atoms with Gasteiger partial charge in [0.15, 0.2) is 11.5 Å². The van der Waals surface area contributed by atoms with Gasteiger partial charge in [-0.2, -0.15) is 5.10 Å². The first kappa shape index (κ1) is 18.5. The molecule has 0 atom stereocenters. The molecule has 0 fully saturated rings. The monoisotopic (exact) mass is 392 g/mol. The number of nitrogens with one attached hydrogen (secondary N) is 1. The Kier molecular flexibility index (Phi) is 5.15. The smallest absolute Gasteiger partial charge is 0.244 e. The van der Waals surface area contributed by atoms with Crippen LogP contribution in [-0.2, 0) is 22.6 Å². The Morgan fingerprint density at radius 2 is 2.00 bits per heavy atom. The summed E-state index contributed by atoms with van der Waals surface area (Å²) in [6.45, 7) is 0.683. The van der Waals surface area contributed by atoms with E-state index in [1.165, 1.54) is 0 Å². The third kappa shape index (κ3) is 4.21. The maximum absolute atomic E-state index is 12.2. The van der Waals surface area contributed by atoms with Gasteiger partial charge < -0.3 is 19.8 Å². The highest BCUT2D eigenvalue weighted by Crippen LogP contribution is 2.32. The number of carbonyl (C=O) groups is 2. The van der Waals surface area contributed by atoms with Crippen molar-refractivity contribution in [3.63, 3.8) is 0 Å². The number of aromatic nitrogens is 1. The van der Waals surface area contributed by atoms with Gasteiger partial charge in [-0.1, -0.05) is 24.3 Å². The topological polar surface area (TPSA) is 108 Å². The number of hydrogen-bond acceptors (Lipinski definition) is 5. The molecule has 29 heavy (non-hydrogen) atoms. The molecule has 4 rings (SSSR count). The Hall–Kier alpha value is -3.81. The Morgan fingerprint density at radius 1 is 1.17 bits per heavy atom. The molecule has 0 saturated carbocycles. The Morgan fingerprint density at radius 3 is 2.86 bits per heavy atom. The van der Waals surface area contributed by atoms with E-state index < -0.39 is 0 Å². The van der Waals surface area contributed by atoms with Crippen LogP contribution in [0.3, 0.4) is 0 Å². The van der Waals surface area contributed by atoms with Gasteiger partial charge >= 0.3 is 0 Å². The largest absolute Gasteiger partial charge is 0.454 e. The summed E-state index contributed by atoms with van der Waals surface area (Å²) in [5, 5.41) is 5.06. The number of primary amides is 1. The van der Waals surface area contributed by atoms with Crippen molar-refractivity contribution in [2.24, 2.45) is 10.8 Å². The number of rotatable bonds is 7. The molecule has 8 nitrogen and oxygen atoms in total. The van der Waals surface area contributed by atoms with Crippen LogP contribution in [0.5, 0.6) is 11.5 Å². The van der Waals surface area contributed by atoms with Crippen molar-refractivity contribution in [2.75, 3.05) is 6.79 Å². The molecule has 3 aromatic rings. The minimum atomic E-state index is -0.353. The van der Waals surface area contributed by atoms with E-state index in [0.717, 1.165) is 22.0 Å². The molecule has 8 heteroatoms. The van der Waals surface area contributed by atoms with Gasteiger partial charge in [0.05, 0.1) is 12.6 Å². The van der Waals surface area contributed by atoms with E-state index in [9.17, 15) is 9.59 Å². The highest BCUT2D eigenvalue weighted by Gasteiger charge is 2.14. The molecule has 3 N–H and O–H groups in total. The van der Waals surface area contributed by atoms with Gasteiger partial charge in [0.2, 0.25) is 18.6 Å². The van der Waals surface area contributed by atoms with Gasteiger partial charge in [0.1, 0.15) is 0 Å². The molecular formula is C21H20N4O4. The average Bonchev–Trinajstić information content (AvgIpc) is 3.31. The van der Waals surface area contributed by atoms with Crippen molar-refractivity contribution in [2.45, 2.75) is 19.4 Å². The zero-order chi connectivity index (χ0) is 20.2. The molecule has 1 aromatic heterocycles. The maximum Gasteiger partial charge on any atom is 0.244 e. The summed E-state index contributed by atoms with van der Waals surface area (Å²) in [6, 6.07) is 13.2. The number of aryl methyl sites for hydroxylation is 1. The lowest BCUT2D eigenvalue weighted by molar-refractivity contribution is -0.120. The maximum atomic E-state index is 12.2. The van der Waals surface area contributed by atoms with Crippen LogP contribution in [0.4, 0.5) is 0 Å². The highest BCUT2D eigenvalue weighted by atomic mass is 16.7. The Labute approximate surface area is 166 Å². The molecule has 148 valence electrons.